The smallest absolute Gasteiger partial charge is 0.236 e. The van der Waals surface area contributed by atoms with Crippen molar-refractivity contribution in [3.8, 4) is 16.5 Å². The van der Waals surface area contributed by atoms with Crippen molar-refractivity contribution in [1.82, 2.24) is 10.3 Å². The molecular formula is C19H20N2O3S. The molecule has 3 rings (SSSR count). The van der Waals surface area contributed by atoms with Crippen LogP contribution in [0, 0.1) is 13.8 Å². The van der Waals surface area contributed by atoms with Gasteiger partial charge in [-0.3, -0.25) is 4.79 Å². The zero-order chi connectivity index (χ0) is 17.6. The van der Waals surface area contributed by atoms with E-state index in [1.54, 1.807) is 11.3 Å². The predicted molar refractivity (Wildman–Crippen MR) is 97.9 cm³/mol. The Morgan fingerprint density at radius 3 is 2.92 bits per heavy atom. The molecule has 1 N–H and O–H groups in total. The fraction of sp³-hybridized carbons (Fsp3) is 0.263. The van der Waals surface area contributed by atoms with Crippen molar-refractivity contribution >= 4 is 17.2 Å². The van der Waals surface area contributed by atoms with Crippen LogP contribution in [-0.4, -0.2) is 24.0 Å². The van der Waals surface area contributed by atoms with Crippen LogP contribution >= 0.6 is 11.3 Å². The molecule has 0 aliphatic heterocycles. The largest absolute Gasteiger partial charge is 0.492 e. The van der Waals surface area contributed by atoms with Gasteiger partial charge >= 0.3 is 0 Å². The van der Waals surface area contributed by atoms with Crippen molar-refractivity contribution in [2.45, 2.75) is 20.3 Å². The van der Waals surface area contributed by atoms with Gasteiger partial charge in [0, 0.05) is 0 Å². The van der Waals surface area contributed by atoms with Crippen molar-refractivity contribution in [2.75, 3.05) is 13.2 Å². The van der Waals surface area contributed by atoms with E-state index in [-0.39, 0.29) is 12.3 Å². The van der Waals surface area contributed by atoms with Crippen molar-refractivity contribution in [3.63, 3.8) is 0 Å². The Bertz CT molecular complexity index is 840. The molecule has 130 valence electrons. The molecule has 0 atom stereocenters. The quantitative estimate of drug-likeness (QED) is 0.655. The second kappa shape index (κ2) is 7.98. The summed E-state index contributed by atoms with van der Waals surface area (Å²) in [5.74, 6) is 1.96. The number of amides is 1. The van der Waals surface area contributed by atoms with Gasteiger partial charge in [0.25, 0.3) is 0 Å². The van der Waals surface area contributed by atoms with E-state index in [2.05, 4.69) is 10.3 Å². The van der Waals surface area contributed by atoms with Gasteiger partial charge in [0.1, 0.15) is 18.1 Å². The first-order valence-corrected chi connectivity index (χ1v) is 8.96. The highest BCUT2D eigenvalue weighted by molar-refractivity contribution is 7.13. The highest BCUT2D eigenvalue weighted by atomic mass is 32.1. The molecule has 1 amide bonds. The van der Waals surface area contributed by atoms with Gasteiger partial charge in [-0.25, -0.2) is 4.98 Å². The molecule has 0 bridgehead atoms. The number of carbonyl (C=O) groups is 1. The number of ether oxygens (including phenoxy) is 1. The molecule has 0 aliphatic rings. The molecule has 0 saturated heterocycles. The molecule has 0 saturated carbocycles. The third kappa shape index (κ3) is 4.70. The summed E-state index contributed by atoms with van der Waals surface area (Å²) in [4.78, 5) is 17.5. The summed E-state index contributed by atoms with van der Waals surface area (Å²) in [5.41, 5.74) is 1.81. The van der Waals surface area contributed by atoms with Crippen LogP contribution in [-0.2, 0) is 11.2 Å². The van der Waals surface area contributed by atoms with Crippen LogP contribution in [0.25, 0.3) is 10.8 Å². The van der Waals surface area contributed by atoms with Gasteiger partial charge in [0.15, 0.2) is 0 Å². The number of aromatic nitrogens is 1. The molecule has 0 spiro atoms. The second-order valence-electron chi connectivity index (χ2n) is 5.69. The van der Waals surface area contributed by atoms with Crippen molar-refractivity contribution in [2.24, 2.45) is 0 Å². The van der Waals surface area contributed by atoms with Crippen LogP contribution in [0.4, 0.5) is 0 Å². The summed E-state index contributed by atoms with van der Waals surface area (Å²) in [5, 5.41) is 4.81. The lowest BCUT2D eigenvalue weighted by Crippen LogP contribution is -2.29. The van der Waals surface area contributed by atoms with Crippen LogP contribution in [0.5, 0.6) is 5.75 Å². The van der Waals surface area contributed by atoms with Crippen LogP contribution in [0.15, 0.2) is 46.2 Å². The number of thiophene rings is 1. The van der Waals surface area contributed by atoms with Crippen molar-refractivity contribution in [1.29, 1.82) is 0 Å². The van der Waals surface area contributed by atoms with Gasteiger partial charge in [-0.1, -0.05) is 18.2 Å². The summed E-state index contributed by atoms with van der Waals surface area (Å²) in [7, 11) is 0. The van der Waals surface area contributed by atoms with Crippen molar-refractivity contribution < 1.29 is 13.9 Å². The predicted octanol–water partition coefficient (Wildman–Crippen LogP) is 3.76. The number of aryl methyl sites for hydroxylation is 2. The molecule has 6 heteroatoms. The fourth-order valence-corrected chi connectivity index (χ4v) is 3.03. The Labute approximate surface area is 150 Å². The summed E-state index contributed by atoms with van der Waals surface area (Å²) < 4.78 is 11.3. The Morgan fingerprint density at radius 2 is 2.16 bits per heavy atom. The molecule has 0 aliphatic carbocycles. The molecule has 3 aromatic rings. The van der Waals surface area contributed by atoms with E-state index in [1.807, 2.05) is 55.6 Å². The molecule has 2 aromatic heterocycles. The van der Waals surface area contributed by atoms with Gasteiger partial charge in [-0.05, 0) is 43.0 Å². The number of nitrogens with zero attached hydrogens (tertiary/aromatic N) is 1. The summed E-state index contributed by atoms with van der Waals surface area (Å²) >= 11 is 1.56. The molecule has 0 radical (unpaired) electrons. The van der Waals surface area contributed by atoms with E-state index < -0.39 is 0 Å². The van der Waals surface area contributed by atoms with Crippen LogP contribution in [0.1, 0.15) is 17.0 Å². The number of carbonyl (C=O) groups excluding carboxylic acids is 1. The van der Waals surface area contributed by atoms with Crippen molar-refractivity contribution in [3.05, 3.63) is 58.8 Å². The fourth-order valence-electron chi connectivity index (χ4n) is 2.38. The van der Waals surface area contributed by atoms with E-state index in [0.29, 0.717) is 30.5 Å². The van der Waals surface area contributed by atoms with E-state index in [9.17, 15) is 4.79 Å². The standard InChI is InChI=1S/C19H20N2O3S/c1-13-5-3-6-15(11-13)23-9-8-20-18(22)12-16-14(2)24-19(21-16)17-7-4-10-25-17/h3-7,10-11H,8-9,12H2,1-2H3,(H,20,22). The molecule has 0 unspecified atom stereocenters. The maximum Gasteiger partial charge on any atom is 0.236 e. The van der Waals surface area contributed by atoms with E-state index in [0.717, 1.165) is 16.2 Å². The topological polar surface area (TPSA) is 64.4 Å². The number of hydrogen-bond donors (Lipinski definition) is 1. The van der Waals surface area contributed by atoms with E-state index in [4.69, 9.17) is 9.15 Å². The zero-order valence-corrected chi connectivity index (χ0v) is 15.1. The number of rotatable bonds is 7. The van der Waals surface area contributed by atoms with E-state index in [1.165, 1.54) is 0 Å². The monoisotopic (exact) mass is 356 g/mol. The lowest BCUT2D eigenvalue weighted by atomic mass is 10.2. The lowest BCUT2D eigenvalue weighted by molar-refractivity contribution is -0.120. The lowest BCUT2D eigenvalue weighted by Gasteiger charge is -2.08. The minimum Gasteiger partial charge on any atom is -0.492 e. The first kappa shape index (κ1) is 17.2. The van der Waals surface area contributed by atoms with Gasteiger partial charge in [-0.2, -0.15) is 0 Å². The minimum atomic E-state index is -0.0954. The third-order valence-electron chi connectivity index (χ3n) is 3.64. The van der Waals surface area contributed by atoms with Crippen LogP contribution in [0.2, 0.25) is 0 Å². The minimum absolute atomic E-state index is 0.0954. The Morgan fingerprint density at radius 1 is 1.28 bits per heavy atom. The number of nitrogens with one attached hydrogen (secondary N) is 1. The molecule has 2 heterocycles. The number of hydrogen-bond acceptors (Lipinski definition) is 5. The molecule has 1 aromatic carbocycles. The zero-order valence-electron chi connectivity index (χ0n) is 14.2. The third-order valence-corrected chi connectivity index (χ3v) is 4.49. The highest BCUT2D eigenvalue weighted by Crippen LogP contribution is 2.26. The summed E-state index contributed by atoms with van der Waals surface area (Å²) in [6.07, 6.45) is 0.200. The van der Waals surface area contributed by atoms with Crippen LogP contribution in [0.3, 0.4) is 0 Å². The maximum atomic E-state index is 12.1. The van der Waals surface area contributed by atoms with Crippen LogP contribution < -0.4 is 10.1 Å². The molecule has 25 heavy (non-hydrogen) atoms. The number of benzene rings is 1. The normalized spacial score (nSPS) is 10.6. The molecular weight excluding hydrogens is 336 g/mol. The SMILES string of the molecule is Cc1cccc(OCCNC(=O)Cc2nc(-c3cccs3)oc2C)c1. The summed E-state index contributed by atoms with van der Waals surface area (Å²) in [6.45, 7) is 4.71. The number of oxazole rings is 1. The average molecular weight is 356 g/mol. The first-order chi connectivity index (χ1) is 12.1. The Kier molecular flexibility index (Phi) is 5.50. The molecule has 0 fully saturated rings. The van der Waals surface area contributed by atoms with Gasteiger partial charge in [0.05, 0.1) is 23.5 Å². The van der Waals surface area contributed by atoms with Gasteiger partial charge < -0.3 is 14.5 Å². The second-order valence-corrected chi connectivity index (χ2v) is 6.64. The first-order valence-electron chi connectivity index (χ1n) is 8.08. The maximum absolute atomic E-state index is 12.1. The summed E-state index contributed by atoms with van der Waals surface area (Å²) in [6, 6.07) is 11.7. The molecule has 5 nitrogen and oxygen atoms in total. The Balaban J connectivity index is 1.46. The highest BCUT2D eigenvalue weighted by Gasteiger charge is 2.15. The Hall–Kier alpha value is -2.60. The van der Waals surface area contributed by atoms with Gasteiger partial charge in [0.2, 0.25) is 11.8 Å². The van der Waals surface area contributed by atoms with E-state index >= 15 is 0 Å². The average Bonchev–Trinajstić information content (AvgIpc) is 3.22. The van der Waals surface area contributed by atoms with Gasteiger partial charge in [-0.15, -0.1) is 11.3 Å².